The fraction of sp³-hybridized carbons (Fsp3) is 0.182. The van der Waals surface area contributed by atoms with E-state index in [9.17, 15) is 4.79 Å². The van der Waals surface area contributed by atoms with Crippen molar-refractivity contribution in [3.8, 4) is 11.4 Å². The lowest BCUT2D eigenvalue weighted by atomic mass is 10.0. The highest BCUT2D eigenvalue weighted by Gasteiger charge is 2.22. The van der Waals surface area contributed by atoms with Gasteiger partial charge in [-0.2, -0.15) is 0 Å². The smallest absolute Gasteiger partial charge is 0.254 e. The molecule has 0 amide bonds. The van der Waals surface area contributed by atoms with Crippen molar-refractivity contribution in [1.82, 2.24) is 19.9 Å². The van der Waals surface area contributed by atoms with E-state index in [4.69, 9.17) is 16.6 Å². The van der Waals surface area contributed by atoms with Crippen LogP contribution in [0.3, 0.4) is 0 Å². The first-order chi connectivity index (χ1) is 13.7. The number of hydrogen-bond acceptors (Lipinski definition) is 3. The number of aromatic amines is 2. The van der Waals surface area contributed by atoms with Crippen molar-refractivity contribution in [3.05, 3.63) is 86.9 Å². The molecule has 140 valence electrons. The van der Waals surface area contributed by atoms with Crippen LogP contribution in [-0.2, 0) is 19.5 Å². The monoisotopic (exact) mass is 390 g/mol. The standard InChI is InChI=1S/C22H19ClN4O/c23-16-6-4-14(5-7-16)21-25-20-13-27(11-9-18(20)22(28)26-21)12-15-2-1-3-19-17(15)8-10-24-19/h1-8,10,24H,9,11-13H2,(H,25,26,28). The third-order valence-electron chi connectivity index (χ3n) is 5.35. The van der Waals surface area contributed by atoms with E-state index in [0.717, 1.165) is 35.4 Å². The van der Waals surface area contributed by atoms with Crippen LogP contribution in [0.5, 0.6) is 0 Å². The molecule has 0 saturated heterocycles. The van der Waals surface area contributed by atoms with Gasteiger partial charge in [-0.3, -0.25) is 9.69 Å². The number of fused-ring (bicyclic) bond motifs is 2. The average molecular weight is 391 g/mol. The molecule has 0 unspecified atom stereocenters. The fourth-order valence-corrected chi connectivity index (χ4v) is 4.03. The van der Waals surface area contributed by atoms with Gasteiger partial charge in [0.25, 0.3) is 5.56 Å². The van der Waals surface area contributed by atoms with Crippen LogP contribution in [0.15, 0.2) is 59.5 Å². The van der Waals surface area contributed by atoms with Crippen LogP contribution in [0.4, 0.5) is 0 Å². The van der Waals surface area contributed by atoms with E-state index in [-0.39, 0.29) is 5.56 Å². The quantitative estimate of drug-likeness (QED) is 0.552. The second kappa shape index (κ2) is 6.93. The summed E-state index contributed by atoms with van der Waals surface area (Å²) in [5.41, 5.74) is 4.91. The molecule has 0 bridgehead atoms. The van der Waals surface area contributed by atoms with Gasteiger partial charge in [-0.1, -0.05) is 23.7 Å². The van der Waals surface area contributed by atoms with Gasteiger partial charge in [0.05, 0.1) is 5.69 Å². The summed E-state index contributed by atoms with van der Waals surface area (Å²) >= 11 is 5.97. The largest absolute Gasteiger partial charge is 0.361 e. The number of benzene rings is 2. The highest BCUT2D eigenvalue weighted by molar-refractivity contribution is 6.30. The molecule has 0 fully saturated rings. The molecule has 2 aromatic carbocycles. The molecule has 2 aromatic heterocycles. The first-order valence-corrected chi connectivity index (χ1v) is 9.70. The Hall–Kier alpha value is -2.89. The minimum absolute atomic E-state index is 0.0395. The summed E-state index contributed by atoms with van der Waals surface area (Å²) in [5, 5.41) is 1.91. The molecule has 0 aliphatic carbocycles. The maximum Gasteiger partial charge on any atom is 0.254 e. The van der Waals surface area contributed by atoms with E-state index in [2.05, 4.69) is 39.1 Å². The van der Waals surface area contributed by atoms with Crippen molar-refractivity contribution in [2.24, 2.45) is 0 Å². The Morgan fingerprint density at radius 1 is 1.11 bits per heavy atom. The van der Waals surface area contributed by atoms with Crippen LogP contribution in [-0.4, -0.2) is 26.4 Å². The lowest BCUT2D eigenvalue weighted by Crippen LogP contribution is -2.35. The first kappa shape index (κ1) is 17.2. The van der Waals surface area contributed by atoms with Crippen LogP contribution >= 0.6 is 11.6 Å². The number of nitrogens with zero attached hydrogens (tertiary/aromatic N) is 2. The van der Waals surface area contributed by atoms with Gasteiger partial charge in [0.1, 0.15) is 5.82 Å². The van der Waals surface area contributed by atoms with Gasteiger partial charge in [0, 0.05) is 52.9 Å². The Morgan fingerprint density at radius 2 is 1.96 bits per heavy atom. The van der Waals surface area contributed by atoms with Gasteiger partial charge >= 0.3 is 0 Å². The summed E-state index contributed by atoms with van der Waals surface area (Å²) in [6, 6.07) is 15.8. The summed E-state index contributed by atoms with van der Waals surface area (Å²) in [5.74, 6) is 0.593. The zero-order chi connectivity index (χ0) is 19.1. The molecule has 6 heteroatoms. The van der Waals surface area contributed by atoms with Gasteiger partial charge in [-0.05, 0) is 48.4 Å². The Balaban J connectivity index is 1.45. The SMILES string of the molecule is O=c1[nH]c(-c2ccc(Cl)cc2)nc2c1CCN(Cc1cccc3[nH]ccc13)C2. The maximum absolute atomic E-state index is 12.6. The van der Waals surface area contributed by atoms with E-state index in [1.54, 1.807) is 12.1 Å². The van der Waals surface area contributed by atoms with Crippen molar-refractivity contribution in [2.45, 2.75) is 19.5 Å². The zero-order valence-electron chi connectivity index (χ0n) is 15.2. The molecule has 0 spiro atoms. The Labute approximate surface area is 167 Å². The van der Waals surface area contributed by atoms with Crippen molar-refractivity contribution < 1.29 is 0 Å². The average Bonchev–Trinajstić information content (AvgIpc) is 3.18. The molecule has 28 heavy (non-hydrogen) atoms. The van der Waals surface area contributed by atoms with Crippen molar-refractivity contribution >= 4 is 22.5 Å². The molecular weight excluding hydrogens is 372 g/mol. The third-order valence-corrected chi connectivity index (χ3v) is 5.60. The Bertz CT molecular complexity index is 1210. The van der Waals surface area contributed by atoms with Gasteiger partial charge < -0.3 is 9.97 Å². The highest BCUT2D eigenvalue weighted by atomic mass is 35.5. The molecule has 5 nitrogen and oxygen atoms in total. The molecule has 0 saturated carbocycles. The second-order valence-corrected chi connectivity index (χ2v) is 7.60. The summed E-state index contributed by atoms with van der Waals surface area (Å²) in [7, 11) is 0. The predicted octanol–water partition coefficient (Wildman–Crippen LogP) is 4.13. The summed E-state index contributed by atoms with van der Waals surface area (Å²) in [4.78, 5) is 25.9. The Morgan fingerprint density at radius 3 is 2.82 bits per heavy atom. The number of hydrogen-bond donors (Lipinski definition) is 2. The minimum Gasteiger partial charge on any atom is -0.361 e. The molecule has 0 radical (unpaired) electrons. The van der Waals surface area contributed by atoms with Gasteiger partial charge in [-0.15, -0.1) is 0 Å². The van der Waals surface area contributed by atoms with Crippen molar-refractivity contribution in [1.29, 1.82) is 0 Å². The molecule has 0 atom stereocenters. The number of nitrogens with one attached hydrogen (secondary N) is 2. The first-order valence-electron chi connectivity index (χ1n) is 9.33. The topological polar surface area (TPSA) is 64.8 Å². The van der Waals surface area contributed by atoms with Gasteiger partial charge in [0.15, 0.2) is 0 Å². The molecule has 3 heterocycles. The Kier molecular flexibility index (Phi) is 4.26. The highest BCUT2D eigenvalue weighted by Crippen LogP contribution is 2.24. The maximum atomic E-state index is 12.6. The normalized spacial score (nSPS) is 14.3. The summed E-state index contributed by atoms with van der Waals surface area (Å²) in [6.07, 6.45) is 2.68. The van der Waals surface area contributed by atoms with E-state index >= 15 is 0 Å². The van der Waals surface area contributed by atoms with Crippen molar-refractivity contribution in [3.63, 3.8) is 0 Å². The molecule has 5 rings (SSSR count). The van der Waals surface area contributed by atoms with Crippen molar-refractivity contribution in [2.75, 3.05) is 6.54 Å². The third kappa shape index (κ3) is 3.13. The van der Waals surface area contributed by atoms with Crippen LogP contribution < -0.4 is 5.56 Å². The zero-order valence-corrected chi connectivity index (χ0v) is 16.0. The van der Waals surface area contributed by atoms with Gasteiger partial charge in [0.2, 0.25) is 0 Å². The number of aromatic nitrogens is 3. The molecular formula is C22H19ClN4O. The molecule has 2 N–H and O–H groups in total. The lowest BCUT2D eigenvalue weighted by molar-refractivity contribution is 0.241. The van der Waals surface area contributed by atoms with Crippen LogP contribution in [0.2, 0.25) is 5.02 Å². The lowest BCUT2D eigenvalue weighted by Gasteiger charge is -2.28. The number of H-pyrrole nitrogens is 2. The van der Waals surface area contributed by atoms with Crippen LogP contribution in [0.1, 0.15) is 16.8 Å². The fourth-order valence-electron chi connectivity index (χ4n) is 3.90. The van der Waals surface area contributed by atoms with Crippen LogP contribution in [0, 0.1) is 0 Å². The van der Waals surface area contributed by atoms with Crippen LogP contribution in [0.25, 0.3) is 22.3 Å². The minimum atomic E-state index is -0.0395. The van der Waals surface area contributed by atoms with Gasteiger partial charge in [-0.25, -0.2) is 4.98 Å². The summed E-state index contributed by atoms with van der Waals surface area (Å²) in [6.45, 7) is 2.35. The van der Waals surface area contributed by atoms with E-state index in [1.165, 1.54) is 10.9 Å². The molecule has 4 aromatic rings. The van der Waals surface area contributed by atoms with E-state index in [0.29, 0.717) is 23.8 Å². The second-order valence-electron chi connectivity index (χ2n) is 7.16. The molecule has 1 aliphatic rings. The molecule has 1 aliphatic heterocycles. The van der Waals surface area contributed by atoms with E-state index < -0.39 is 0 Å². The van der Waals surface area contributed by atoms with E-state index in [1.807, 2.05) is 18.3 Å². The number of rotatable bonds is 3. The predicted molar refractivity (Wildman–Crippen MR) is 111 cm³/mol. The summed E-state index contributed by atoms with van der Waals surface area (Å²) < 4.78 is 0. The number of halogens is 1.